The number of hydrogen-bond acceptors (Lipinski definition) is 2. The number of anilines is 1. The summed E-state index contributed by atoms with van der Waals surface area (Å²) in [5.41, 5.74) is 2.13. The molecule has 21 heavy (non-hydrogen) atoms. The second-order valence-electron chi connectivity index (χ2n) is 4.62. The topological polar surface area (TPSA) is 38.3 Å². The van der Waals surface area contributed by atoms with Crippen LogP contribution < -0.4 is 10.1 Å². The van der Waals surface area contributed by atoms with Crippen molar-refractivity contribution < 1.29 is 13.9 Å². The molecule has 1 heterocycles. The van der Waals surface area contributed by atoms with Crippen molar-refractivity contribution in [3.63, 3.8) is 0 Å². The Bertz CT molecular complexity index is 723. The zero-order valence-corrected chi connectivity index (χ0v) is 13.0. The van der Waals surface area contributed by atoms with Crippen molar-refractivity contribution in [1.82, 2.24) is 0 Å². The van der Waals surface area contributed by atoms with Crippen molar-refractivity contribution in [2.24, 2.45) is 0 Å². The van der Waals surface area contributed by atoms with Gasteiger partial charge in [0.1, 0.15) is 11.6 Å². The molecule has 0 bridgehead atoms. The van der Waals surface area contributed by atoms with Gasteiger partial charge in [-0.2, -0.15) is 0 Å². The van der Waals surface area contributed by atoms with Crippen LogP contribution in [0.4, 0.5) is 10.1 Å². The SMILES string of the molecule is O=C1COc2ccc(C(Cl)c3ccc(F)cc3Br)cc2N1. The predicted octanol–water partition coefficient (Wildman–Crippen LogP) is 4.25. The van der Waals surface area contributed by atoms with Crippen LogP contribution in [-0.2, 0) is 4.79 Å². The quantitative estimate of drug-likeness (QED) is 0.803. The van der Waals surface area contributed by atoms with Crippen molar-refractivity contribution in [2.75, 3.05) is 11.9 Å². The predicted molar refractivity (Wildman–Crippen MR) is 82.4 cm³/mol. The second kappa shape index (κ2) is 5.66. The number of amides is 1. The third-order valence-corrected chi connectivity index (χ3v) is 4.34. The molecule has 2 aromatic rings. The van der Waals surface area contributed by atoms with Crippen molar-refractivity contribution >= 4 is 39.1 Å². The van der Waals surface area contributed by atoms with Gasteiger partial charge in [-0.05, 0) is 35.4 Å². The molecule has 0 radical (unpaired) electrons. The number of carbonyl (C=O) groups excluding carboxylic acids is 1. The summed E-state index contributed by atoms with van der Waals surface area (Å²) in [6.45, 7) is 0.0140. The summed E-state index contributed by atoms with van der Waals surface area (Å²) in [4.78, 5) is 11.4. The molecule has 3 rings (SSSR count). The zero-order chi connectivity index (χ0) is 15.0. The highest BCUT2D eigenvalue weighted by atomic mass is 79.9. The van der Waals surface area contributed by atoms with Crippen LogP contribution in [0.1, 0.15) is 16.5 Å². The first-order valence-electron chi connectivity index (χ1n) is 6.20. The summed E-state index contributed by atoms with van der Waals surface area (Å²) in [6.07, 6.45) is 0. The van der Waals surface area contributed by atoms with E-state index in [-0.39, 0.29) is 18.3 Å². The van der Waals surface area contributed by atoms with Gasteiger partial charge >= 0.3 is 0 Å². The second-order valence-corrected chi connectivity index (χ2v) is 5.91. The number of hydrogen-bond donors (Lipinski definition) is 1. The van der Waals surface area contributed by atoms with E-state index in [1.807, 2.05) is 6.07 Å². The van der Waals surface area contributed by atoms with Gasteiger partial charge in [-0.15, -0.1) is 11.6 Å². The summed E-state index contributed by atoms with van der Waals surface area (Å²) in [5, 5.41) is 2.27. The number of alkyl halides is 1. The first-order chi connectivity index (χ1) is 10.0. The fourth-order valence-electron chi connectivity index (χ4n) is 2.14. The number of carbonyl (C=O) groups is 1. The molecule has 3 nitrogen and oxygen atoms in total. The molecule has 6 heteroatoms. The lowest BCUT2D eigenvalue weighted by Crippen LogP contribution is -2.25. The lowest BCUT2D eigenvalue weighted by Gasteiger charge is -2.20. The van der Waals surface area contributed by atoms with Gasteiger partial charge in [-0.3, -0.25) is 4.79 Å². The molecule has 0 fully saturated rings. The Hall–Kier alpha value is -1.59. The van der Waals surface area contributed by atoms with Crippen molar-refractivity contribution in [3.8, 4) is 5.75 Å². The molecule has 1 amide bonds. The van der Waals surface area contributed by atoms with Crippen LogP contribution in [-0.4, -0.2) is 12.5 Å². The van der Waals surface area contributed by atoms with E-state index in [0.29, 0.717) is 15.9 Å². The molecule has 1 atom stereocenters. The Morgan fingerprint density at radius 2 is 2.10 bits per heavy atom. The summed E-state index contributed by atoms with van der Waals surface area (Å²) in [5.74, 6) is 0.0784. The smallest absolute Gasteiger partial charge is 0.262 e. The van der Waals surface area contributed by atoms with Gasteiger partial charge in [-0.1, -0.05) is 28.1 Å². The molecule has 1 aliphatic rings. The highest BCUT2D eigenvalue weighted by Crippen LogP contribution is 2.38. The Labute approximate surface area is 134 Å². The third-order valence-electron chi connectivity index (χ3n) is 3.16. The van der Waals surface area contributed by atoms with E-state index >= 15 is 0 Å². The molecule has 0 aliphatic carbocycles. The number of nitrogens with one attached hydrogen (secondary N) is 1. The molecule has 0 aromatic heterocycles. The average molecular weight is 371 g/mol. The maximum Gasteiger partial charge on any atom is 0.262 e. The monoisotopic (exact) mass is 369 g/mol. The van der Waals surface area contributed by atoms with Gasteiger partial charge in [0.2, 0.25) is 0 Å². The molecule has 0 spiro atoms. The molecular formula is C15H10BrClFNO2. The summed E-state index contributed by atoms with van der Waals surface area (Å²) in [7, 11) is 0. The summed E-state index contributed by atoms with van der Waals surface area (Å²) in [6, 6.07) is 9.71. The van der Waals surface area contributed by atoms with Crippen LogP contribution in [0.3, 0.4) is 0 Å². The van der Waals surface area contributed by atoms with Crippen LogP contribution in [0.2, 0.25) is 0 Å². The fraction of sp³-hybridized carbons (Fsp3) is 0.133. The Morgan fingerprint density at radius 3 is 2.86 bits per heavy atom. The number of rotatable bonds is 2. The van der Waals surface area contributed by atoms with Crippen molar-refractivity contribution in [2.45, 2.75) is 5.38 Å². The maximum absolute atomic E-state index is 13.1. The highest BCUT2D eigenvalue weighted by Gasteiger charge is 2.20. The van der Waals surface area contributed by atoms with E-state index in [4.69, 9.17) is 16.3 Å². The third kappa shape index (κ3) is 2.89. The number of ether oxygens (including phenoxy) is 1. The normalized spacial score (nSPS) is 14.9. The molecule has 1 N–H and O–H groups in total. The number of halogens is 3. The maximum atomic E-state index is 13.1. The van der Waals surface area contributed by atoms with Crippen molar-refractivity contribution in [1.29, 1.82) is 0 Å². The van der Waals surface area contributed by atoms with E-state index in [9.17, 15) is 9.18 Å². The number of benzene rings is 2. The van der Waals surface area contributed by atoms with Gasteiger partial charge in [-0.25, -0.2) is 4.39 Å². The van der Waals surface area contributed by atoms with Gasteiger partial charge in [0.25, 0.3) is 5.91 Å². The van der Waals surface area contributed by atoms with E-state index in [1.165, 1.54) is 12.1 Å². The van der Waals surface area contributed by atoms with Crippen molar-refractivity contribution in [3.05, 3.63) is 57.8 Å². The fourth-order valence-corrected chi connectivity index (χ4v) is 3.18. The van der Waals surface area contributed by atoms with Gasteiger partial charge in [0, 0.05) is 4.47 Å². The Balaban J connectivity index is 1.96. The van der Waals surface area contributed by atoms with E-state index in [0.717, 1.165) is 11.1 Å². The van der Waals surface area contributed by atoms with Crippen LogP contribution >= 0.6 is 27.5 Å². The van der Waals surface area contributed by atoms with E-state index in [2.05, 4.69) is 21.2 Å². The molecule has 2 aromatic carbocycles. The minimum Gasteiger partial charge on any atom is -0.482 e. The molecule has 108 valence electrons. The number of fused-ring (bicyclic) bond motifs is 1. The molecule has 0 saturated carbocycles. The first-order valence-corrected chi connectivity index (χ1v) is 7.43. The van der Waals surface area contributed by atoms with Gasteiger partial charge in [0.15, 0.2) is 6.61 Å². The van der Waals surface area contributed by atoms with E-state index in [1.54, 1.807) is 18.2 Å². The summed E-state index contributed by atoms with van der Waals surface area (Å²) >= 11 is 9.77. The lowest BCUT2D eigenvalue weighted by atomic mass is 10.0. The Kier molecular flexibility index (Phi) is 3.87. The van der Waals surface area contributed by atoms with Crippen LogP contribution in [0, 0.1) is 5.82 Å². The molecule has 1 unspecified atom stereocenters. The highest BCUT2D eigenvalue weighted by molar-refractivity contribution is 9.10. The summed E-state index contributed by atoms with van der Waals surface area (Å²) < 4.78 is 19.0. The minimum atomic E-state index is -0.468. The average Bonchev–Trinajstić information content (AvgIpc) is 2.46. The standard InChI is InChI=1S/C15H10BrClFNO2/c16-11-6-9(18)2-3-10(11)15(17)8-1-4-13-12(5-8)19-14(20)7-21-13/h1-6,15H,7H2,(H,19,20). The van der Waals surface area contributed by atoms with Crippen LogP contribution in [0.5, 0.6) is 5.75 Å². The largest absolute Gasteiger partial charge is 0.482 e. The van der Waals surface area contributed by atoms with Crippen LogP contribution in [0.25, 0.3) is 0 Å². The first kappa shape index (κ1) is 14.4. The lowest BCUT2D eigenvalue weighted by molar-refractivity contribution is -0.118. The molecular weight excluding hydrogens is 361 g/mol. The minimum absolute atomic E-state index is 0.0140. The van der Waals surface area contributed by atoms with Gasteiger partial charge < -0.3 is 10.1 Å². The van der Waals surface area contributed by atoms with E-state index < -0.39 is 5.38 Å². The molecule has 1 aliphatic heterocycles. The molecule has 0 saturated heterocycles. The zero-order valence-electron chi connectivity index (χ0n) is 10.7. The van der Waals surface area contributed by atoms with Gasteiger partial charge in [0.05, 0.1) is 11.1 Å². The van der Waals surface area contributed by atoms with Crippen LogP contribution in [0.15, 0.2) is 40.9 Å². The Morgan fingerprint density at radius 1 is 1.29 bits per heavy atom.